The number of primary amides is 1. The maximum atomic E-state index is 13.2. The van der Waals surface area contributed by atoms with E-state index in [1.807, 2.05) is 6.92 Å². The molecule has 0 aromatic carbocycles. The van der Waals surface area contributed by atoms with Gasteiger partial charge < -0.3 is 31.1 Å². The molecule has 0 aromatic heterocycles. The van der Waals surface area contributed by atoms with Gasteiger partial charge in [-0.1, -0.05) is 104 Å². The van der Waals surface area contributed by atoms with E-state index in [-0.39, 0.29) is 11.6 Å². The second-order valence-corrected chi connectivity index (χ2v) is 11.8. The third-order valence-electron chi connectivity index (χ3n) is 7.88. The number of allylic oxidation sites excluding steroid dienone is 1. The molecule has 11 heteroatoms. The second-order valence-electron chi connectivity index (χ2n) is 11.8. The lowest BCUT2D eigenvalue weighted by molar-refractivity contribution is -0.165. The minimum absolute atomic E-state index is 0.152. The van der Waals surface area contributed by atoms with Gasteiger partial charge in [0.25, 0.3) is 0 Å². The Morgan fingerprint density at radius 3 is 2.09 bits per heavy atom. The summed E-state index contributed by atoms with van der Waals surface area (Å²) in [4.78, 5) is 64.1. The number of aliphatic hydroxyl groups is 1. The Hall–Kier alpha value is -3.21. The molecule has 5 N–H and O–H groups in total. The Labute approximate surface area is 257 Å². The van der Waals surface area contributed by atoms with Crippen molar-refractivity contribution in [2.24, 2.45) is 17.6 Å². The number of unbranched alkanes of at least 4 members (excludes halogenated alkanes) is 11. The normalized spacial score (nSPS) is 22.2. The molecule has 244 valence electrons. The molecule has 5 atom stereocenters. The van der Waals surface area contributed by atoms with E-state index in [1.54, 1.807) is 6.92 Å². The quantitative estimate of drug-likeness (QED) is 0.154. The zero-order valence-electron chi connectivity index (χ0n) is 26.6. The van der Waals surface area contributed by atoms with Crippen LogP contribution in [0.1, 0.15) is 104 Å². The van der Waals surface area contributed by atoms with Gasteiger partial charge in [-0.2, -0.15) is 0 Å². The van der Waals surface area contributed by atoms with Crippen molar-refractivity contribution < 1.29 is 33.8 Å². The summed E-state index contributed by atoms with van der Waals surface area (Å²) in [6.45, 7) is 8.96. The van der Waals surface area contributed by atoms with Gasteiger partial charge in [-0.05, 0) is 18.4 Å². The Bertz CT molecular complexity index is 967. The first kappa shape index (κ1) is 37.8. The van der Waals surface area contributed by atoms with Gasteiger partial charge in [0.15, 0.2) is 12.1 Å². The third kappa shape index (κ3) is 14.7. The van der Waals surface area contributed by atoms with Crippen LogP contribution < -0.4 is 16.4 Å². The van der Waals surface area contributed by atoms with E-state index in [9.17, 15) is 29.1 Å². The van der Waals surface area contributed by atoms with E-state index < -0.39 is 60.3 Å². The Kier molecular flexibility index (Phi) is 18.2. The molecule has 0 fully saturated rings. The maximum Gasteiger partial charge on any atom is 0.332 e. The van der Waals surface area contributed by atoms with Crippen LogP contribution in [0.25, 0.3) is 0 Å². The van der Waals surface area contributed by atoms with E-state index in [0.717, 1.165) is 30.2 Å². The molecule has 5 unspecified atom stereocenters. The molecule has 0 aliphatic carbocycles. The summed E-state index contributed by atoms with van der Waals surface area (Å²) in [5.74, 6) is -5.34. The summed E-state index contributed by atoms with van der Waals surface area (Å²) in [6.07, 6.45) is 14.6. The van der Waals surface area contributed by atoms with E-state index in [0.29, 0.717) is 6.42 Å². The molecule has 0 radical (unpaired) electrons. The molecule has 43 heavy (non-hydrogen) atoms. The van der Waals surface area contributed by atoms with Gasteiger partial charge in [-0.3, -0.25) is 19.2 Å². The number of likely N-dealkylation sites (N-methyl/N-ethyl adjacent to an activating group) is 1. The standard InChI is InChI=1S/C32H54N4O7/c1-6-7-8-9-10-11-12-13-14-15-16-17-18-22(2)29-24(4)31(41)34-23(3)19-20-26(38)36(5)21-25(37)35-27(32(42)43-29)28(39)30(33)40/h19-20,22,24,27-29,39H,3,6-18,21H2,1-2,4-5H3,(H2,33,40)(H,34,41)(H,35,37). The minimum Gasteiger partial charge on any atom is -0.460 e. The zero-order chi connectivity index (χ0) is 32.4. The van der Waals surface area contributed by atoms with Gasteiger partial charge in [0.1, 0.15) is 6.10 Å². The summed E-state index contributed by atoms with van der Waals surface area (Å²) in [5.41, 5.74) is 5.38. The van der Waals surface area contributed by atoms with Crippen LogP contribution in [0.15, 0.2) is 24.4 Å². The SMILES string of the molecule is C=C1C=CC(=O)N(C)CC(=O)NC(C(O)C(N)=O)C(=O)OC(C(C)CCCCCCCCCCCCCC)C(C)C(=O)N1. The highest BCUT2D eigenvalue weighted by Crippen LogP contribution is 2.25. The zero-order valence-corrected chi connectivity index (χ0v) is 26.6. The number of nitrogens with zero attached hydrogens (tertiary/aromatic N) is 1. The van der Waals surface area contributed by atoms with Crippen molar-refractivity contribution in [3.63, 3.8) is 0 Å². The van der Waals surface area contributed by atoms with Crippen molar-refractivity contribution in [3.05, 3.63) is 24.4 Å². The first-order valence-corrected chi connectivity index (χ1v) is 15.8. The molecule has 1 rings (SSSR count). The number of ether oxygens (including phenoxy) is 1. The van der Waals surface area contributed by atoms with Gasteiger partial charge in [-0.25, -0.2) is 4.79 Å². The Balaban J connectivity index is 2.90. The highest BCUT2D eigenvalue weighted by molar-refractivity contribution is 5.95. The number of cyclic esters (lactones) is 1. The molecule has 11 nitrogen and oxygen atoms in total. The van der Waals surface area contributed by atoms with Gasteiger partial charge in [0, 0.05) is 18.8 Å². The van der Waals surface area contributed by atoms with Gasteiger partial charge in [-0.15, -0.1) is 0 Å². The Morgan fingerprint density at radius 2 is 1.56 bits per heavy atom. The molecule has 1 heterocycles. The highest BCUT2D eigenvalue weighted by Gasteiger charge is 2.39. The molecule has 0 saturated carbocycles. The van der Waals surface area contributed by atoms with Crippen LogP contribution in [0, 0.1) is 11.8 Å². The summed E-state index contributed by atoms with van der Waals surface area (Å²) >= 11 is 0. The minimum atomic E-state index is -2.08. The number of rotatable bonds is 16. The van der Waals surface area contributed by atoms with E-state index >= 15 is 0 Å². The van der Waals surface area contributed by atoms with Crippen LogP contribution in [0.3, 0.4) is 0 Å². The van der Waals surface area contributed by atoms with Crippen LogP contribution in [-0.4, -0.2) is 71.4 Å². The van der Waals surface area contributed by atoms with Crippen LogP contribution in [0.4, 0.5) is 0 Å². The van der Waals surface area contributed by atoms with Gasteiger partial charge >= 0.3 is 5.97 Å². The van der Waals surface area contributed by atoms with Crippen LogP contribution >= 0.6 is 0 Å². The smallest absolute Gasteiger partial charge is 0.332 e. The number of esters is 1. The van der Waals surface area contributed by atoms with Crippen LogP contribution in [-0.2, 0) is 28.7 Å². The summed E-state index contributed by atoms with van der Waals surface area (Å²) in [6, 6.07) is -1.82. The molecule has 0 saturated heterocycles. The number of amides is 4. The number of hydrogen-bond acceptors (Lipinski definition) is 7. The monoisotopic (exact) mass is 606 g/mol. The van der Waals surface area contributed by atoms with Gasteiger partial charge in [0.2, 0.25) is 23.6 Å². The first-order valence-electron chi connectivity index (χ1n) is 15.8. The topological polar surface area (TPSA) is 168 Å². The van der Waals surface area contributed by atoms with E-state index in [1.165, 1.54) is 70.9 Å². The third-order valence-corrected chi connectivity index (χ3v) is 7.88. The second kappa shape index (κ2) is 20.7. The van der Waals surface area contributed by atoms with Crippen LogP contribution in [0.5, 0.6) is 0 Å². The van der Waals surface area contributed by atoms with Crippen LogP contribution in [0.2, 0.25) is 0 Å². The van der Waals surface area contributed by atoms with E-state index in [2.05, 4.69) is 24.1 Å². The molecule has 1 aliphatic rings. The fourth-order valence-electron chi connectivity index (χ4n) is 5.10. The summed E-state index contributed by atoms with van der Waals surface area (Å²) in [7, 11) is 1.35. The highest BCUT2D eigenvalue weighted by atomic mass is 16.5. The average molecular weight is 607 g/mol. The predicted molar refractivity (Wildman–Crippen MR) is 165 cm³/mol. The van der Waals surface area contributed by atoms with Crippen molar-refractivity contribution in [1.29, 1.82) is 0 Å². The van der Waals surface area contributed by atoms with Crippen molar-refractivity contribution in [2.45, 2.75) is 122 Å². The lowest BCUT2D eigenvalue weighted by Gasteiger charge is -2.31. The number of carbonyl (C=O) groups is 5. The van der Waals surface area contributed by atoms with Crippen molar-refractivity contribution in [1.82, 2.24) is 15.5 Å². The lowest BCUT2D eigenvalue weighted by Crippen LogP contribution is -2.57. The molecule has 0 bridgehead atoms. The fraction of sp³-hybridized carbons (Fsp3) is 0.719. The largest absolute Gasteiger partial charge is 0.460 e. The molecular formula is C32H54N4O7. The molecule has 0 aromatic rings. The number of aliphatic hydroxyl groups excluding tert-OH is 1. The maximum absolute atomic E-state index is 13.2. The molecule has 1 aliphatic heterocycles. The lowest BCUT2D eigenvalue weighted by atomic mass is 9.88. The van der Waals surface area contributed by atoms with E-state index in [4.69, 9.17) is 10.5 Å². The summed E-state index contributed by atoms with van der Waals surface area (Å²) in [5, 5.41) is 15.2. The number of carbonyl (C=O) groups excluding carboxylic acids is 5. The Morgan fingerprint density at radius 1 is 1.02 bits per heavy atom. The summed E-state index contributed by atoms with van der Waals surface area (Å²) < 4.78 is 5.73. The predicted octanol–water partition coefficient (Wildman–Crippen LogP) is 3.25. The number of nitrogens with one attached hydrogen (secondary N) is 2. The first-order chi connectivity index (χ1) is 20.4. The molecular weight excluding hydrogens is 552 g/mol. The number of hydrogen-bond donors (Lipinski definition) is 4. The van der Waals surface area contributed by atoms with Crippen molar-refractivity contribution >= 4 is 29.6 Å². The average Bonchev–Trinajstić information content (AvgIpc) is 2.96. The van der Waals surface area contributed by atoms with Crippen molar-refractivity contribution in [3.8, 4) is 0 Å². The fourth-order valence-corrected chi connectivity index (χ4v) is 5.10. The van der Waals surface area contributed by atoms with Crippen molar-refractivity contribution in [2.75, 3.05) is 13.6 Å². The molecule has 4 amide bonds. The van der Waals surface area contributed by atoms with Gasteiger partial charge in [0.05, 0.1) is 12.5 Å². The number of nitrogens with two attached hydrogens (primary N) is 1. The molecule has 0 spiro atoms.